The first-order chi connectivity index (χ1) is 11.1. The number of amides is 1. The minimum atomic E-state index is -0.397. The van der Waals surface area contributed by atoms with E-state index < -0.39 is 5.92 Å². The first-order valence-electron chi connectivity index (χ1n) is 7.86. The third-order valence-electron chi connectivity index (χ3n) is 4.54. The summed E-state index contributed by atoms with van der Waals surface area (Å²) in [6, 6.07) is 3.84. The van der Waals surface area contributed by atoms with E-state index in [1.54, 1.807) is 11.1 Å². The van der Waals surface area contributed by atoms with E-state index in [1.165, 1.54) is 7.11 Å². The van der Waals surface area contributed by atoms with E-state index in [4.69, 9.17) is 4.74 Å². The van der Waals surface area contributed by atoms with Gasteiger partial charge in [0.1, 0.15) is 5.82 Å². The molecule has 0 spiro atoms. The second-order valence-electron chi connectivity index (χ2n) is 6.09. The van der Waals surface area contributed by atoms with Gasteiger partial charge in [-0.05, 0) is 19.2 Å². The van der Waals surface area contributed by atoms with Crippen LogP contribution >= 0.6 is 0 Å². The van der Waals surface area contributed by atoms with Crippen LogP contribution in [0, 0.1) is 5.92 Å². The average Bonchev–Trinajstić information content (AvgIpc) is 2.97. The molecule has 124 valence electrons. The fourth-order valence-corrected chi connectivity index (χ4v) is 3.04. The van der Waals surface area contributed by atoms with Gasteiger partial charge in [-0.3, -0.25) is 14.5 Å². The number of likely N-dealkylation sites (N-methyl/N-ethyl adjacent to an activating group) is 1. The third kappa shape index (κ3) is 3.29. The van der Waals surface area contributed by atoms with Gasteiger partial charge in [-0.15, -0.1) is 0 Å². The number of hydrogen-bond acceptors (Lipinski definition) is 6. The number of rotatable bonds is 3. The zero-order valence-electron chi connectivity index (χ0n) is 13.6. The lowest BCUT2D eigenvalue weighted by molar-refractivity contribution is -0.145. The quantitative estimate of drug-likeness (QED) is 0.750. The molecular weight excluding hydrogens is 296 g/mol. The van der Waals surface area contributed by atoms with Crippen molar-refractivity contribution >= 4 is 23.4 Å². The number of esters is 1. The number of hydrogen-bond donors (Lipinski definition) is 0. The van der Waals surface area contributed by atoms with Gasteiger partial charge in [0, 0.05) is 39.1 Å². The van der Waals surface area contributed by atoms with E-state index in [9.17, 15) is 9.59 Å². The topological polar surface area (TPSA) is 66.0 Å². The maximum Gasteiger partial charge on any atom is 0.311 e. The smallest absolute Gasteiger partial charge is 0.311 e. The van der Waals surface area contributed by atoms with Crippen molar-refractivity contribution in [1.82, 2.24) is 9.88 Å². The lowest BCUT2D eigenvalue weighted by atomic mass is 10.1. The second kappa shape index (κ2) is 6.54. The van der Waals surface area contributed by atoms with Gasteiger partial charge in [0.15, 0.2) is 0 Å². The summed E-state index contributed by atoms with van der Waals surface area (Å²) in [6.07, 6.45) is 1.99. The lowest BCUT2D eigenvalue weighted by Crippen LogP contribution is -2.44. The molecule has 0 radical (unpaired) electrons. The van der Waals surface area contributed by atoms with E-state index in [0.717, 1.165) is 31.9 Å². The van der Waals surface area contributed by atoms with Crippen LogP contribution in [0.15, 0.2) is 18.3 Å². The van der Waals surface area contributed by atoms with Crippen LogP contribution in [0.5, 0.6) is 0 Å². The van der Waals surface area contributed by atoms with Gasteiger partial charge in [0.05, 0.1) is 24.9 Å². The summed E-state index contributed by atoms with van der Waals surface area (Å²) in [6.45, 7) is 4.36. The first kappa shape index (κ1) is 15.7. The predicted octanol–water partition coefficient (Wildman–Crippen LogP) is 0.359. The molecule has 0 aromatic carbocycles. The van der Waals surface area contributed by atoms with Crippen molar-refractivity contribution in [3.63, 3.8) is 0 Å². The van der Waals surface area contributed by atoms with Gasteiger partial charge < -0.3 is 14.5 Å². The van der Waals surface area contributed by atoms with E-state index in [2.05, 4.69) is 21.8 Å². The summed E-state index contributed by atoms with van der Waals surface area (Å²) in [7, 11) is 3.47. The Kier molecular flexibility index (Phi) is 4.47. The molecule has 1 aromatic rings. The van der Waals surface area contributed by atoms with Crippen molar-refractivity contribution in [3.05, 3.63) is 18.3 Å². The minimum absolute atomic E-state index is 0.0831. The Morgan fingerprint density at radius 2 is 2.00 bits per heavy atom. The van der Waals surface area contributed by atoms with Gasteiger partial charge in [-0.25, -0.2) is 4.98 Å². The molecule has 0 N–H and O–H groups in total. The first-order valence-corrected chi connectivity index (χ1v) is 7.86. The molecule has 0 aliphatic carbocycles. The van der Waals surface area contributed by atoms with E-state index in [0.29, 0.717) is 12.4 Å². The van der Waals surface area contributed by atoms with E-state index >= 15 is 0 Å². The number of methoxy groups -OCH3 is 1. The number of nitrogens with zero attached hydrogens (tertiary/aromatic N) is 4. The van der Waals surface area contributed by atoms with Crippen LogP contribution in [-0.4, -0.2) is 68.6 Å². The van der Waals surface area contributed by atoms with Crippen LogP contribution in [0.4, 0.5) is 11.5 Å². The maximum atomic E-state index is 12.1. The minimum Gasteiger partial charge on any atom is -0.469 e. The Bertz CT molecular complexity index is 581. The third-order valence-corrected chi connectivity index (χ3v) is 4.54. The number of piperazine rings is 1. The number of anilines is 2. The standard InChI is InChI=1S/C16H22N4O3/c1-18-5-7-19(8-6-18)13-3-4-14(17-10-13)20-11-12(9-15(20)21)16(22)23-2/h3-4,10,12H,5-9,11H2,1-2H3. The van der Waals surface area contributed by atoms with Crippen LogP contribution in [-0.2, 0) is 14.3 Å². The summed E-state index contributed by atoms with van der Waals surface area (Å²) < 4.78 is 4.72. The van der Waals surface area contributed by atoms with Crippen LogP contribution in [0.25, 0.3) is 0 Å². The fourth-order valence-electron chi connectivity index (χ4n) is 3.04. The summed E-state index contributed by atoms with van der Waals surface area (Å²) >= 11 is 0. The molecule has 2 fully saturated rings. The number of carbonyl (C=O) groups is 2. The second-order valence-corrected chi connectivity index (χ2v) is 6.09. The SMILES string of the molecule is COC(=O)C1CC(=O)N(c2ccc(N3CCN(C)CC3)cn2)C1. The maximum absolute atomic E-state index is 12.1. The molecule has 3 rings (SSSR count). The summed E-state index contributed by atoms with van der Waals surface area (Å²) in [5.41, 5.74) is 1.07. The number of ether oxygens (including phenoxy) is 1. The zero-order valence-corrected chi connectivity index (χ0v) is 13.6. The summed E-state index contributed by atoms with van der Waals surface area (Å²) in [5, 5.41) is 0. The molecule has 1 amide bonds. The highest BCUT2D eigenvalue weighted by Crippen LogP contribution is 2.26. The Morgan fingerprint density at radius 1 is 1.26 bits per heavy atom. The van der Waals surface area contributed by atoms with Crippen molar-refractivity contribution in [2.75, 3.05) is 56.7 Å². The van der Waals surface area contributed by atoms with Crippen molar-refractivity contribution < 1.29 is 14.3 Å². The number of aromatic nitrogens is 1. The normalized spacial score (nSPS) is 22.5. The molecule has 23 heavy (non-hydrogen) atoms. The van der Waals surface area contributed by atoms with E-state index in [1.807, 2.05) is 12.1 Å². The molecule has 1 atom stereocenters. The van der Waals surface area contributed by atoms with Gasteiger partial charge >= 0.3 is 5.97 Å². The highest BCUT2D eigenvalue weighted by Gasteiger charge is 2.36. The van der Waals surface area contributed by atoms with Crippen LogP contribution < -0.4 is 9.80 Å². The van der Waals surface area contributed by atoms with Crippen LogP contribution in [0.3, 0.4) is 0 Å². The van der Waals surface area contributed by atoms with Crippen molar-refractivity contribution in [1.29, 1.82) is 0 Å². The monoisotopic (exact) mass is 318 g/mol. The van der Waals surface area contributed by atoms with Gasteiger partial charge in [0.2, 0.25) is 5.91 Å². The molecular formula is C16H22N4O3. The molecule has 0 saturated carbocycles. The average molecular weight is 318 g/mol. The van der Waals surface area contributed by atoms with E-state index in [-0.39, 0.29) is 18.3 Å². The van der Waals surface area contributed by atoms with Gasteiger partial charge in [-0.2, -0.15) is 0 Å². The molecule has 2 saturated heterocycles. The molecule has 0 bridgehead atoms. The molecule has 2 aliphatic heterocycles. The van der Waals surface area contributed by atoms with Crippen LogP contribution in [0.2, 0.25) is 0 Å². The Morgan fingerprint density at radius 3 is 2.61 bits per heavy atom. The van der Waals surface area contributed by atoms with Crippen molar-refractivity contribution in [3.8, 4) is 0 Å². The summed E-state index contributed by atoms with van der Waals surface area (Å²) in [4.78, 5) is 34.3. The highest BCUT2D eigenvalue weighted by molar-refractivity contribution is 5.98. The van der Waals surface area contributed by atoms with Crippen molar-refractivity contribution in [2.24, 2.45) is 5.92 Å². The number of pyridine rings is 1. The largest absolute Gasteiger partial charge is 0.469 e. The Labute approximate surface area is 135 Å². The predicted molar refractivity (Wildman–Crippen MR) is 86.4 cm³/mol. The lowest BCUT2D eigenvalue weighted by Gasteiger charge is -2.33. The van der Waals surface area contributed by atoms with Crippen molar-refractivity contribution in [2.45, 2.75) is 6.42 Å². The van der Waals surface area contributed by atoms with Gasteiger partial charge in [-0.1, -0.05) is 0 Å². The van der Waals surface area contributed by atoms with Crippen LogP contribution in [0.1, 0.15) is 6.42 Å². The highest BCUT2D eigenvalue weighted by atomic mass is 16.5. The molecule has 7 heteroatoms. The Hall–Kier alpha value is -2.15. The Balaban J connectivity index is 1.68. The fraction of sp³-hybridized carbons (Fsp3) is 0.562. The molecule has 2 aliphatic rings. The molecule has 7 nitrogen and oxygen atoms in total. The molecule has 1 unspecified atom stereocenters. The summed E-state index contributed by atoms with van der Waals surface area (Å²) in [5.74, 6) is -0.221. The molecule has 1 aromatic heterocycles. The zero-order chi connectivity index (χ0) is 16.4. The van der Waals surface area contributed by atoms with Gasteiger partial charge in [0.25, 0.3) is 0 Å². The number of carbonyl (C=O) groups excluding carboxylic acids is 2. The molecule has 3 heterocycles.